The molecule has 1 atom stereocenters. The molecule has 0 aliphatic rings. The standard InChI is InChI=1S/C20H19F2N5O2S/c1-10-6-18(30-27-10)26-15-9-16(14(22)8-13(15)19(23)28)25-17(20(24)29)7-11-2-4-12(21)5-3-11/h2-6,8-9,17,25-26H,7H2,1H3,(H2,23,28)(H2,24,29). The van der Waals surface area contributed by atoms with Crippen LogP contribution in [-0.4, -0.2) is 22.2 Å². The van der Waals surface area contributed by atoms with E-state index in [0.717, 1.165) is 23.3 Å². The number of primary amides is 2. The first-order chi connectivity index (χ1) is 14.2. The number of carbonyl (C=O) groups is 2. The number of nitrogens with zero attached hydrogens (tertiary/aromatic N) is 1. The molecule has 30 heavy (non-hydrogen) atoms. The number of benzene rings is 2. The van der Waals surface area contributed by atoms with Crippen molar-refractivity contribution in [2.75, 3.05) is 10.6 Å². The molecule has 1 aromatic heterocycles. The molecule has 3 aromatic rings. The lowest BCUT2D eigenvalue weighted by Gasteiger charge is -2.19. The van der Waals surface area contributed by atoms with Gasteiger partial charge in [-0.25, -0.2) is 8.78 Å². The minimum Gasteiger partial charge on any atom is -0.371 e. The number of nitrogens with two attached hydrogens (primary N) is 2. The molecule has 1 unspecified atom stereocenters. The number of anilines is 3. The largest absolute Gasteiger partial charge is 0.371 e. The first-order valence-electron chi connectivity index (χ1n) is 8.87. The fourth-order valence-corrected chi connectivity index (χ4v) is 3.49. The number of nitrogens with one attached hydrogen (secondary N) is 2. The number of carbonyl (C=O) groups excluding carboxylic acids is 2. The van der Waals surface area contributed by atoms with Gasteiger partial charge in [-0.15, -0.1) is 0 Å². The van der Waals surface area contributed by atoms with E-state index in [9.17, 15) is 18.4 Å². The third-order valence-electron chi connectivity index (χ3n) is 4.28. The second-order valence-electron chi connectivity index (χ2n) is 6.63. The van der Waals surface area contributed by atoms with Crippen molar-refractivity contribution in [3.8, 4) is 0 Å². The highest BCUT2D eigenvalue weighted by molar-refractivity contribution is 7.10. The van der Waals surface area contributed by atoms with Crippen LogP contribution in [0.2, 0.25) is 0 Å². The Kier molecular flexibility index (Phi) is 6.26. The van der Waals surface area contributed by atoms with E-state index < -0.39 is 29.5 Å². The molecule has 10 heteroatoms. The Morgan fingerprint density at radius 2 is 1.80 bits per heavy atom. The van der Waals surface area contributed by atoms with Crippen LogP contribution in [0.3, 0.4) is 0 Å². The van der Waals surface area contributed by atoms with Crippen molar-refractivity contribution in [2.24, 2.45) is 11.5 Å². The predicted molar refractivity (Wildman–Crippen MR) is 112 cm³/mol. The van der Waals surface area contributed by atoms with Gasteiger partial charge < -0.3 is 22.1 Å². The van der Waals surface area contributed by atoms with Gasteiger partial charge in [-0.1, -0.05) is 12.1 Å². The summed E-state index contributed by atoms with van der Waals surface area (Å²) in [5.41, 5.74) is 12.4. The summed E-state index contributed by atoms with van der Waals surface area (Å²) in [6.07, 6.45) is 0.115. The van der Waals surface area contributed by atoms with Gasteiger partial charge in [0.2, 0.25) is 5.91 Å². The van der Waals surface area contributed by atoms with E-state index in [1.807, 2.05) is 0 Å². The second-order valence-corrected chi connectivity index (χ2v) is 7.43. The fourth-order valence-electron chi connectivity index (χ4n) is 2.81. The van der Waals surface area contributed by atoms with Gasteiger partial charge in [0.15, 0.2) is 0 Å². The van der Waals surface area contributed by atoms with Crippen LogP contribution in [0.1, 0.15) is 21.6 Å². The van der Waals surface area contributed by atoms with Gasteiger partial charge >= 0.3 is 0 Å². The van der Waals surface area contributed by atoms with Crippen molar-refractivity contribution < 1.29 is 18.4 Å². The molecule has 0 saturated heterocycles. The van der Waals surface area contributed by atoms with Crippen molar-refractivity contribution in [2.45, 2.75) is 19.4 Å². The van der Waals surface area contributed by atoms with Gasteiger partial charge in [0.05, 0.1) is 22.6 Å². The van der Waals surface area contributed by atoms with Crippen LogP contribution in [0, 0.1) is 18.6 Å². The van der Waals surface area contributed by atoms with E-state index in [1.54, 1.807) is 13.0 Å². The number of hydrogen-bond acceptors (Lipinski definition) is 6. The summed E-state index contributed by atoms with van der Waals surface area (Å²) >= 11 is 1.16. The smallest absolute Gasteiger partial charge is 0.250 e. The highest BCUT2D eigenvalue weighted by Gasteiger charge is 2.20. The SMILES string of the molecule is Cc1cc(Nc2cc(NC(Cc3ccc(F)cc3)C(N)=O)c(F)cc2C(N)=O)sn1. The first kappa shape index (κ1) is 21.2. The molecule has 6 N–H and O–H groups in total. The van der Waals surface area contributed by atoms with Gasteiger partial charge in [-0.05, 0) is 54.4 Å². The lowest BCUT2D eigenvalue weighted by Crippen LogP contribution is -2.37. The minimum absolute atomic E-state index is 0.0466. The molecule has 1 heterocycles. The molecule has 0 bridgehead atoms. The highest BCUT2D eigenvalue weighted by atomic mass is 32.1. The molecule has 2 amide bonds. The molecule has 0 spiro atoms. The van der Waals surface area contributed by atoms with E-state index in [4.69, 9.17) is 11.5 Å². The lowest BCUT2D eigenvalue weighted by molar-refractivity contribution is -0.118. The van der Waals surface area contributed by atoms with Crippen molar-refractivity contribution in [1.82, 2.24) is 4.37 Å². The second kappa shape index (κ2) is 8.87. The molecule has 0 radical (unpaired) electrons. The topological polar surface area (TPSA) is 123 Å². The zero-order chi connectivity index (χ0) is 21.8. The van der Waals surface area contributed by atoms with Gasteiger partial charge in [0.1, 0.15) is 22.7 Å². The monoisotopic (exact) mass is 431 g/mol. The quantitative estimate of drug-likeness (QED) is 0.436. The Labute approximate surface area is 175 Å². The van der Waals surface area contributed by atoms with E-state index in [0.29, 0.717) is 10.6 Å². The van der Waals surface area contributed by atoms with Gasteiger partial charge in [0, 0.05) is 6.42 Å². The van der Waals surface area contributed by atoms with Crippen molar-refractivity contribution in [1.29, 1.82) is 0 Å². The summed E-state index contributed by atoms with van der Waals surface area (Å²) in [4.78, 5) is 23.7. The Morgan fingerprint density at radius 1 is 1.10 bits per heavy atom. The average Bonchev–Trinajstić information content (AvgIpc) is 3.09. The number of aromatic nitrogens is 1. The van der Waals surface area contributed by atoms with Crippen molar-refractivity contribution >= 4 is 39.7 Å². The first-order valence-corrected chi connectivity index (χ1v) is 9.64. The lowest BCUT2D eigenvalue weighted by atomic mass is 10.0. The normalized spacial score (nSPS) is 11.7. The number of amides is 2. The Balaban J connectivity index is 1.90. The summed E-state index contributed by atoms with van der Waals surface area (Å²) in [6.45, 7) is 1.81. The number of halogens is 2. The number of hydrogen-bond donors (Lipinski definition) is 4. The van der Waals surface area contributed by atoms with E-state index >= 15 is 0 Å². The van der Waals surface area contributed by atoms with Crippen molar-refractivity contribution in [3.63, 3.8) is 0 Å². The predicted octanol–water partition coefficient (Wildman–Crippen LogP) is 3.08. The van der Waals surface area contributed by atoms with E-state index in [-0.39, 0.29) is 23.4 Å². The van der Waals surface area contributed by atoms with E-state index in [1.165, 1.54) is 30.3 Å². The van der Waals surface area contributed by atoms with Gasteiger partial charge in [-0.2, -0.15) is 4.37 Å². The van der Waals surface area contributed by atoms with Crippen LogP contribution in [-0.2, 0) is 11.2 Å². The molecule has 7 nitrogen and oxygen atoms in total. The number of rotatable bonds is 8. The molecule has 156 valence electrons. The van der Waals surface area contributed by atoms with Crippen LogP contribution in [0.25, 0.3) is 0 Å². The highest BCUT2D eigenvalue weighted by Crippen LogP contribution is 2.30. The maximum Gasteiger partial charge on any atom is 0.250 e. The van der Waals surface area contributed by atoms with Gasteiger partial charge in [0.25, 0.3) is 5.91 Å². The molecule has 2 aromatic carbocycles. The van der Waals surface area contributed by atoms with Crippen LogP contribution in [0.15, 0.2) is 42.5 Å². The maximum absolute atomic E-state index is 14.6. The third kappa shape index (κ3) is 5.09. The molecule has 3 rings (SSSR count). The van der Waals surface area contributed by atoms with E-state index in [2.05, 4.69) is 15.0 Å². The third-order valence-corrected chi connectivity index (χ3v) is 5.08. The molecule has 0 aliphatic heterocycles. The summed E-state index contributed by atoms with van der Waals surface area (Å²) < 4.78 is 31.9. The zero-order valence-corrected chi connectivity index (χ0v) is 16.7. The Morgan fingerprint density at radius 3 is 2.37 bits per heavy atom. The summed E-state index contributed by atoms with van der Waals surface area (Å²) in [5, 5.41) is 6.38. The molecule has 0 aliphatic carbocycles. The Hall–Kier alpha value is -3.53. The average molecular weight is 431 g/mol. The van der Waals surface area contributed by atoms with Crippen LogP contribution in [0.4, 0.5) is 25.2 Å². The fraction of sp³-hybridized carbons (Fsp3) is 0.150. The van der Waals surface area contributed by atoms with Crippen LogP contribution in [0.5, 0.6) is 0 Å². The van der Waals surface area contributed by atoms with Gasteiger partial charge in [-0.3, -0.25) is 9.59 Å². The van der Waals surface area contributed by atoms with Crippen molar-refractivity contribution in [3.05, 3.63) is 70.9 Å². The summed E-state index contributed by atoms with van der Waals surface area (Å²) in [7, 11) is 0. The Bertz CT molecular complexity index is 1090. The van der Waals surface area contributed by atoms with Crippen LogP contribution >= 0.6 is 11.5 Å². The number of aryl methyl sites for hydroxylation is 1. The zero-order valence-electron chi connectivity index (χ0n) is 15.9. The molecular weight excluding hydrogens is 412 g/mol. The summed E-state index contributed by atoms with van der Waals surface area (Å²) in [5.74, 6) is -2.73. The molecule has 0 saturated carbocycles. The molecule has 0 fully saturated rings. The minimum atomic E-state index is -0.970. The maximum atomic E-state index is 14.6. The summed E-state index contributed by atoms with van der Waals surface area (Å²) in [6, 6.07) is 8.65. The molecular formula is C20H19F2N5O2S. The van der Waals surface area contributed by atoms with Crippen LogP contribution < -0.4 is 22.1 Å².